The molecule has 2 aromatic rings. The van der Waals surface area contributed by atoms with E-state index in [1.165, 1.54) is 5.56 Å². The molecule has 0 unspecified atom stereocenters. The largest absolute Gasteiger partial charge is 0.496 e. The van der Waals surface area contributed by atoms with Gasteiger partial charge in [-0.2, -0.15) is 5.10 Å². The zero-order chi connectivity index (χ0) is 12.1. The standard InChI is InChI=1S/C13H17N3O/c1-10-7-11(3-4-13(10)17-2)8-14-9-12-5-6-15-16-12/h3-7,14H,8-9H2,1-2H3,(H,15,16). The topological polar surface area (TPSA) is 49.9 Å². The molecule has 4 heteroatoms. The van der Waals surface area contributed by atoms with Crippen LogP contribution in [0.1, 0.15) is 16.8 Å². The molecule has 0 bridgehead atoms. The van der Waals surface area contributed by atoms with Gasteiger partial charge in [-0.15, -0.1) is 0 Å². The predicted octanol–water partition coefficient (Wildman–Crippen LogP) is 2.02. The molecule has 90 valence electrons. The smallest absolute Gasteiger partial charge is 0.121 e. The van der Waals surface area contributed by atoms with Crippen molar-refractivity contribution < 1.29 is 4.74 Å². The minimum absolute atomic E-state index is 0.797. The number of aryl methyl sites for hydroxylation is 1. The molecular formula is C13H17N3O. The Labute approximate surface area is 101 Å². The third-order valence-electron chi connectivity index (χ3n) is 2.66. The first-order valence-corrected chi connectivity index (χ1v) is 5.62. The van der Waals surface area contributed by atoms with Crippen LogP contribution in [0.4, 0.5) is 0 Å². The molecule has 0 aliphatic rings. The average molecular weight is 231 g/mol. The summed E-state index contributed by atoms with van der Waals surface area (Å²) in [6, 6.07) is 8.18. The van der Waals surface area contributed by atoms with Gasteiger partial charge in [-0.3, -0.25) is 5.10 Å². The van der Waals surface area contributed by atoms with Crippen LogP contribution in [0.5, 0.6) is 5.75 Å². The number of hydrogen-bond donors (Lipinski definition) is 2. The van der Waals surface area contributed by atoms with Crippen LogP contribution in [-0.2, 0) is 13.1 Å². The maximum absolute atomic E-state index is 5.23. The van der Waals surface area contributed by atoms with Crippen molar-refractivity contribution in [2.75, 3.05) is 7.11 Å². The van der Waals surface area contributed by atoms with Gasteiger partial charge in [-0.1, -0.05) is 12.1 Å². The summed E-state index contributed by atoms with van der Waals surface area (Å²) >= 11 is 0. The molecule has 0 fully saturated rings. The minimum atomic E-state index is 0.797. The molecule has 0 spiro atoms. The van der Waals surface area contributed by atoms with Crippen molar-refractivity contribution in [1.29, 1.82) is 0 Å². The molecule has 1 heterocycles. The van der Waals surface area contributed by atoms with Crippen LogP contribution in [0.3, 0.4) is 0 Å². The quantitative estimate of drug-likeness (QED) is 0.827. The number of aromatic amines is 1. The number of ether oxygens (including phenoxy) is 1. The van der Waals surface area contributed by atoms with Crippen LogP contribution in [-0.4, -0.2) is 17.3 Å². The molecule has 0 amide bonds. The minimum Gasteiger partial charge on any atom is -0.496 e. The van der Waals surface area contributed by atoms with E-state index < -0.39 is 0 Å². The Morgan fingerprint density at radius 3 is 2.82 bits per heavy atom. The molecule has 17 heavy (non-hydrogen) atoms. The molecule has 1 aromatic heterocycles. The summed E-state index contributed by atoms with van der Waals surface area (Å²) in [5, 5.41) is 10.2. The molecule has 0 radical (unpaired) electrons. The van der Waals surface area contributed by atoms with E-state index in [4.69, 9.17) is 4.74 Å². The number of rotatable bonds is 5. The molecule has 0 aliphatic heterocycles. The molecule has 0 atom stereocenters. The lowest BCUT2D eigenvalue weighted by atomic mass is 10.1. The van der Waals surface area contributed by atoms with Gasteiger partial charge < -0.3 is 10.1 Å². The fourth-order valence-electron chi connectivity index (χ4n) is 1.78. The molecular weight excluding hydrogens is 214 g/mol. The highest BCUT2D eigenvalue weighted by Crippen LogP contribution is 2.18. The fourth-order valence-corrected chi connectivity index (χ4v) is 1.78. The van der Waals surface area contributed by atoms with E-state index in [0.717, 1.165) is 30.1 Å². The van der Waals surface area contributed by atoms with E-state index in [9.17, 15) is 0 Å². The highest BCUT2D eigenvalue weighted by Gasteiger charge is 2.00. The number of nitrogens with one attached hydrogen (secondary N) is 2. The monoisotopic (exact) mass is 231 g/mol. The first kappa shape index (κ1) is 11.7. The summed E-state index contributed by atoms with van der Waals surface area (Å²) in [7, 11) is 1.69. The number of H-pyrrole nitrogens is 1. The molecule has 2 rings (SSSR count). The maximum Gasteiger partial charge on any atom is 0.121 e. The van der Waals surface area contributed by atoms with Crippen molar-refractivity contribution in [2.45, 2.75) is 20.0 Å². The fraction of sp³-hybridized carbons (Fsp3) is 0.308. The van der Waals surface area contributed by atoms with E-state index in [1.54, 1.807) is 13.3 Å². The van der Waals surface area contributed by atoms with E-state index in [0.29, 0.717) is 0 Å². The maximum atomic E-state index is 5.23. The van der Waals surface area contributed by atoms with Crippen molar-refractivity contribution in [3.05, 3.63) is 47.3 Å². The summed E-state index contributed by atoms with van der Waals surface area (Å²) in [6.45, 7) is 3.69. The summed E-state index contributed by atoms with van der Waals surface area (Å²) < 4.78 is 5.23. The summed E-state index contributed by atoms with van der Waals surface area (Å²) in [6.07, 6.45) is 1.76. The Hall–Kier alpha value is -1.81. The highest BCUT2D eigenvalue weighted by molar-refractivity contribution is 5.36. The zero-order valence-corrected chi connectivity index (χ0v) is 10.2. The molecule has 0 saturated carbocycles. The SMILES string of the molecule is COc1ccc(CNCc2ccn[nH]2)cc1C. The van der Waals surface area contributed by atoms with Crippen molar-refractivity contribution in [3.8, 4) is 5.75 Å². The van der Waals surface area contributed by atoms with Crippen LogP contribution in [0.2, 0.25) is 0 Å². The average Bonchev–Trinajstić information content (AvgIpc) is 2.82. The third kappa shape index (κ3) is 3.07. The Morgan fingerprint density at radius 2 is 2.18 bits per heavy atom. The van der Waals surface area contributed by atoms with Crippen LogP contribution in [0.25, 0.3) is 0 Å². The molecule has 0 aliphatic carbocycles. The summed E-state index contributed by atoms with van der Waals surface area (Å²) in [4.78, 5) is 0. The number of benzene rings is 1. The molecule has 1 aromatic carbocycles. The second-order valence-electron chi connectivity index (χ2n) is 3.99. The van der Waals surface area contributed by atoms with E-state index in [1.807, 2.05) is 12.1 Å². The van der Waals surface area contributed by atoms with Crippen molar-refractivity contribution in [3.63, 3.8) is 0 Å². The van der Waals surface area contributed by atoms with E-state index in [2.05, 4.69) is 34.6 Å². The van der Waals surface area contributed by atoms with Gasteiger partial charge in [0.25, 0.3) is 0 Å². The Balaban J connectivity index is 1.89. The van der Waals surface area contributed by atoms with Gasteiger partial charge in [0.2, 0.25) is 0 Å². The number of nitrogens with zero attached hydrogens (tertiary/aromatic N) is 1. The van der Waals surface area contributed by atoms with Gasteiger partial charge in [0.15, 0.2) is 0 Å². The summed E-state index contributed by atoms with van der Waals surface area (Å²) in [5.74, 6) is 0.933. The second kappa shape index (κ2) is 5.50. The molecule has 0 saturated heterocycles. The lowest BCUT2D eigenvalue weighted by Crippen LogP contribution is -2.13. The normalized spacial score (nSPS) is 10.5. The number of methoxy groups -OCH3 is 1. The number of hydrogen-bond acceptors (Lipinski definition) is 3. The Morgan fingerprint density at radius 1 is 1.29 bits per heavy atom. The van der Waals surface area contributed by atoms with Gasteiger partial charge in [-0.05, 0) is 30.2 Å². The van der Waals surface area contributed by atoms with Crippen LogP contribution in [0, 0.1) is 6.92 Å². The van der Waals surface area contributed by atoms with Crippen LogP contribution >= 0.6 is 0 Å². The Kier molecular flexibility index (Phi) is 3.77. The lowest BCUT2D eigenvalue weighted by Gasteiger charge is -2.08. The van der Waals surface area contributed by atoms with Gasteiger partial charge in [0.05, 0.1) is 7.11 Å². The predicted molar refractivity (Wildman–Crippen MR) is 66.9 cm³/mol. The molecule has 4 nitrogen and oxygen atoms in total. The molecule has 2 N–H and O–H groups in total. The van der Waals surface area contributed by atoms with E-state index >= 15 is 0 Å². The van der Waals surface area contributed by atoms with Crippen molar-refractivity contribution >= 4 is 0 Å². The first-order valence-electron chi connectivity index (χ1n) is 5.62. The van der Waals surface area contributed by atoms with Gasteiger partial charge in [0.1, 0.15) is 5.75 Å². The first-order chi connectivity index (χ1) is 8.29. The van der Waals surface area contributed by atoms with Crippen molar-refractivity contribution in [1.82, 2.24) is 15.5 Å². The Bertz CT molecular complexity index is 466. The number of aromatic nitrogens is 2. The zero-order valence-electron chi connectivity index (χ0n) is 10.2. The van der Waals surface area contributed by atoms with Crippen LogP contribution in [0.15, 0.2) is 30.5 Å². The van der Waals surface area contributed by atoms with Crippen molar-refractivity contribution in [2.24, 2.45) is 0 Å². The van der Waals surface area contributed by atoms with Crippen LogP contribution < -0.4 is 10.1 Å². The van der Waals surface area contributed by atoms with Gasteiger partial charge in [-0.25, -0.2) is 0 Å². The lowest BCUT2D eigenvalue weighted by molar-refractivity contribution is 0.411. The van der Waals surface area contributed by atoms with Gasteiger partial charge >= 0.3 is 0 Å². The highest BCUT2D eigenvalue weighted by atomic mass is 16.5. The van der Waals surface area contributed by atoms with E-state index in [-0.39, 0.29) is 0 Å². The summed E-state index contributed by atoms with van der Waals surface area (Å²) in [5.41, 5.74) is 3.51. The second-order valence-corrected chi connectivity index (χ2v) is 3.99. The van der Waals surface area contributed by atoms with Gasteiger partial charge in [0, 0.05) is 25.0 Å². The third-order valence-corrected chi connectivity index (χ3v) is 2.66.